The fourth-order valence-electron chi connectivity index (χ4n) is 2.91. The summed E-state index contributed by atoms with van der Waals surface area (Å²) >= 11 is 1.85. The zero-order chi connectivity index (χ0) is 16.3. The van der Waals surface area contributed by atoms with Gasteiger partial charge < -0.3 is 15.0 Å². The van der Waals surface area contributed by atoms with Crippen molar-refractivity contribution in [3.8, 4) is 0 Å². The monoisotopic (exact) mass is 330 g/mol. The first-order valence-corrected chi connectivity index (χ1v) is 9.03. The van der Waals surface area contributed by atoms with Gasteiger partial charge in [0.2, 0.25) is 5.91 Å². The molecule has 3 rings (SSSR count). The lowest BCUT2D eigenvalue weighted by Crippen LogP contribution is -2.44. The number of rotatable bonds is 4. The summed E-state index contributed by atoms with van der Waals surface area (Å²) in [5.74, 6) is 1.75. The number of aryl methyl sites for hydroxylation is 1. The van der Waals surface area contributed by atoms with E-state index in [0.29, 0.717) is 6.54 Å². The smallest absolute Gasteiger partial charge is 0.244 e. The predicted molar refractivity (Wildman–Crippen MR) is 96.5 cm³/mol. The summed E-state index contributed by atoms with van der Waals surface area (Å²) in [4.78, 5) is 12.0. The Morgan fingerprint density at radius 2 is 2.13 bits per heavy atom. The van der Waals surface area contributed by atoms with Crippen molar-refractivity contribution in [2.45, 2.75) is 18.4 Å². The van der Waals surface area contributed by atoms with Gasteiger partial charge in [-0.1, -0.05) is 18.2 Å². The minimum Gasteiger partial charge on any atom is -0.388 e. The molecule has 0 aliphatic carbocycles. The van der Waals surface area contributed by atoms with Crippen LogP contribution in [-0.4, -0.2) is 39.2 Å². The summed E-state index contributed by atoms with van der Waals surface area (Å²) in [6, 6.07) is 8.11. The number of carbonyl (C=O) groups excluding carboxylic acids is 1. The van der Waals surface area contributed by atoms with Crippen molar-refractivity contribution < 1.29 is 9.90 Å². The van der Waals surface area contributed by atoms with E-state index in [4.69, 9.17) is 0 Å². The van der Waals surface area contributed by atoms with Crippen molar-refractivity contribution >= 4 is 34.6 Å². The maximum Gasteiger partial charge on any atom is 0.244 e. The number of benzene rings is 1. The van der Waals surface area contributed by atoms with E-state index in [1.54, 1.807) is 6.08 Å². The molecule has 1 saturated heterocycles. The lowest BCUT2D eigenvalue weighted by Gasteiger charge is -2.31. The Morgan fingerprint density at radius 1 is 1.39 bits per heavy atom. The molecule has 1 aliphatic rings. The lowest BCUT2D eigenvalue weighted by molar-refractivity contribution is -0.117. The molecule has 1 aromatic carbocycles. The fourth-order valence-corrected chi connectivity index (χ4v) is 4.16. The van der Waals surface area contributed by atoms with Crippen molar-refractivity contribution in [3.63, 3.8) is 0 Å². The Balaban J connectivity index is 1.64. The highest BCUT2D eigenvalue weighted by Gasteiger charge is 2.29. The van der Waals surface area contributed by atoms with E-state index >= 15 is 0 Å². The summed E-state index contributed by atoms with van der Waals surface area (Å²) in [7, 11) is 2.00. The molecule has 4 nitrogen and oxygen atoms in total. The Morgan fingerprint density at radius 3 is 2.91 bits per heavy atom. The minimum atomic E-state index is -0.742. The van der Waals surface area contributed by atoms with E-state index in [1.165, 1.54) is 0 Å². The number of fused-ring (bicyclic) bond motifs is 1. The third kappa shape index (κ3) is 3.79. The van der Waals surface area contributed by atoms with Gasteiger partial charge in [0.15, 0.2) is 0 Å². The van der Waals surface area contributed by atoms with Crippen LogP contribution in [0.25, 0.3) is 17.0 Å². The first-order chi connectivity index (χ1) is 11.1. The zero-order valence-corrected chi connectivity index (χ0v) is 14.1. The number of amides is 1. The number of para-hydroxylation sites is 1. The third-order valence-corrected chi connectivity index (χ3v) is 5.34. The van der Waals surface area contributed by atoms with Crippen molar-refractivity contribution in [1.82, 2.24) is 9.88 Å². The van der Waals surface area contributed by atoms with Crippen LogP contribution in [-0.2, 0) is 11.8 Å². The maximum atomic E-state index is 12.0. The number of thioether (sulfide) groups is 1. The Hall–Kier alpha value is -1.72. The number of nitrogens with one attached hydrogen (secondary N) is 1. The molecule has 5 heteroatoms. The third-order valence-electron chi connectivity index (χ3n) is 4.36. The molecule has 1 aliphatic heterocycles. The molecule has 0 bridgehead atoms. The van der Waals surface area contributed by atoms with Crippen molar-refractivity contribution in [1.29, 1.82) is 0 Å². The van der Waals surface area contributed by atoms with Crippen LogP contribution in [0.3, 0.4) is 0 Å². The van der Waals surface area contributed by atoms with Gasteiger partial charge in [-0.2, -0.15) is 11.8 Å². The molecule has 1 amide bonds. The Labute approximate surface area is 140 Å². The molecule has 0 saturated carbocycles. The number of aliphatic hydroxyl groups is 1. The van der Waals surface area contributed by atoms with Crippen molar-refractivity contribution in [2.75, 3.05) is 18.1 Å². The van der Waals surface area contributed by atoms with Crippen LogP contribution in [0.1, 0.15) is 18.4 Å². The molecule has 1 aromatic heterocycles. The first kappa shape index (κ1) is 16.1. The second kappa shape index (κ2) is 6.81. The number of nitrogens with zero attached hydrogens (tertiary/aromatic N) is 1. The van der Waals surface area contributed by atoms with Gasteiger partial charge in [-0.15, -0.1) is 0 Å². The Kier molecular flexibility index (Phi) is 4.78. The lowest BCUT2D eigenvalue weighted by atomic mass is 9.97. The molecule has 0 spiro atoms. The van der Waals surface area contributed by atoms with Gasteiger partial charge in [-0.05, 0) is 36.5 Å². The van der Waals surface area contributed by atoms with Crippen LogP contribution in [0.2, 0.25) is 0 Å². The highest BCUT2D eigenvalue weighted by Crippen LogP contribution is 2.26. The molecule has 2 aromatic rings. The standard InChI is InChI=1S/C18H22N2O2S/c1-20-12-14(15-4-2-3-5-16(15)20)6-7-17(21)19-13-18(22)8-10-23-11-9-18/h2-7,12,22H,8-11,13H2,1H3,(H,19,21). The van der Waals surface area contributed by atoms with Crippen LogP contribution in [0.15, 0.2) is 36.5 Å². The number of hydrogen-bond donors (Lipinski definition) is 2. The average molecular weight is 330 g/mol. The molecule has 122 valence electrons. The summed E-state index contributed by atoms with van der Waals surface area (Å²) < 4.78 is 2.05. The van der Waals surface area contributed by atoms with E-state index < -0.39 is 5.60 Å². The van der Waals surface area contributed by atoms with Gasteiger partial charge in [0.1, 0.15) is 0 Å². The summed E-state index contributed by atoms with van der Waals surface area (Å²) in [6.07, 6.45) is 6.87. The average Bonchev–Trinajstić information content (AvgIpc) is 2.89. The quantitative estimate of drug-likeness (QED) is 0.847. The number of carbonyl (C=O) groups is 1. The molecule has 1 fully saturated rings. The number of hydrogen-bond acceptors (Lipinski definition) is 3. The zero-order valence-electron chi connectivity index (χ0n) is 13.3. The van der Waals surface area contributed by atoms with E-state index in [9.17, 15) is 9.90 Å². The summed E-state index contributed by atoms with van der Waals surface area (Å²) in [5.41, 5.74) is 1.42. The van der Waals surface area contributed by atoms with Crippen LogP contribution in [0, 0.1) is 0 Å². The SMILES string of the molecule is Cn1cc(C=CC(=O)NCC2(O)CCSCC2)c2ccccc21. The molecule has 2 heterocycles. The van der Waals surface area contributed by atoms with Gasteiger partial charge in [0.25, 0.3) is 0 Å². The van der Waals surface area contributed by atoms with Gasteiger partial charge in [-0.3, -0.25) is 4.79 Å². The topological polar surface area (TPSA) is 54.3 Å². The molecule has 2 N–H and O–H groups in total. The normalized spacial score (nSPS) is 17.7. The van der Waals surface area contributed by atoms with Crippen molar-refractivity contribution in [3.05, 3.63) is 42.1 Å². The van der Waals surface area contributed by atoms with E-state index in [0.717, 1.165) is 40.8 Å². The predicted octanol–water partition coefficient (Wildman–Crippen LogP) is 2.57. The largest absolute Gasteiger partial charge is 0.388 e. The molecular weight excluding hydrogens is 308 g/mol. The minimum absolute atomic E-state index is 0.162. The van der Waals surface area contributed by atoms with Gasteiger partial charge in [0, 0.05) is 42.3 Å². The first-order valence-electron chi connectivity index (χ1n) is 7.88. The Bertz CT molecular complexity index is 730. The van der Waals surface area contributed by atoms with E-state index in [-0.39, 0.29) is 5.91 Å². The second-order valence-corrected chi connectivity index (χ2v) is 7.33. The molecular formula is C18H22N2O2S. The van der Waals surface area contributed by atoms with Crippen LogP contribution < -0.4 is 5.32 Å². The maximum absolute atomic E-state index is 12.0. The molecule has 0 unspecified atom stereocenters. The summed E-state index contributed by atoms with van der Waals surface area (Å²) in [6.45, 7) is 0.326. The van der Waals surface area contributed by atoms with Crippen LogP contribution in [0.4, 0.5) is 0 Å². The molecule has 0 atom stereocenters. The van der Waals surface area contributed by atoms with Crippen LogP contribution >= 0.6 is 11.8 Å². The molecule has 23 heavy (non-hydrogen) atoms. The highest BCUT2D eigenvalue weighted by molar-refractivity contribution is 7.99. The number of aromatic nitrogens is 1. The second-order valence-electron chi connectivity index (χ2n) is 6.10. The van der Waals surface area contributed by atoms with Crippen molar-refractivity contribution in [2.24, 2.45) is 7.05 Å². The summed E-state index contributed by atoms with van der Waals surface area (Å²) in [5, 5.41) is 14.3. The van der Waals surface area contributed by atoms with Gasteiger partial charge in [0.05, 0.1) is 5.60 Å². The van der Waals surface area contributed by atoms with Crippen LogP contribution in [0.5, 0.6) is 0 Å². The van der Waals surface area contributed by atoms with E-state index in [2.05, 4.69) is 22.0 Å². The fraction of sp³-hybridized carbons (Fsp3) is 0.389. The highest BCUT2D eigenvalue weighted by atomic mass is 32.2. The van der Waals surface area contributed by atoms with E-state index in [1.807, 2.05) is 43.2 Å². The van der Waals surface area contributed by atoms with Gasteiger partial charge >= 0.3 is 0 Å². The molecule has 0 radical (unpaired) electrons. The van der Waals surface area contributed by atoms with Gasteiger partial charge in [-0.25, -0.2) is 0 Å².